The molecule has 0 aliphatic carbocycles. The maximum atomic E-state index is 12.1. The second kappa shape index (κ2) is 12.9. The molecule has 0 radical (unpaired) electrons. The van der Waals surface area contributed by atoms with Gasteiger partial charge in [0.05, 0.1) is 6.54 Å². The van der Waals surface area contributed by atoms with Gasteiger partial charge in [-0.15, -0.1) is 0 Å². The van der Waals surface area contributed by atoms with Crippen LogP contribution < -0.4 is 16.0 Å². The quantitative estimate of drug-likeness (QED) is 0.403. The highest BCUT2D eigenvalue weighted by atomic mass is 16.2. The summed E-state index contributed by atoms with van der Waals surface area (Å²) in [5.74, 6) is 0.920. The largest absolute Gasteiger partial charge is 0.356 e. The Balaban J connectivity index is 1.72. The first-order valence-electron chi connectivity index (χ1n) is 11.2. The van der Waals surface area contributed by atoms with Gasteiger partial charge in [-0.3, -0.25) is 19.5 Å². The zero-order valence-electron chi connectivity index (χ0n) is 19.4. The first-order valence-corrected chi connectivity index (χ1v) is 11.2. The Hall–Kier alpha value is -2.61. The molecule has 3 N–H and O–H groups in total. The summed E-state index contributed by atoms with van der Waals surface area (Å²) in [6, 6.07) is 8.11. The van der Waals surface area contributed by atoms with Crippen LogP contribution in [0.15, 0.2) is 29.3 Å². The molecule has 0 saturated carbocycles. The van der Waals surface area contributed by atoms with Crippen LogP contribution in [0.25, 0.3) is 0 Å². The van der Waals surface area contributed by atoms with Crippen LogP contribution in [0, 0.1) is 0 Å². The van der Waals surface area contributed by atoms with E-state index in [-0.39, 0.29) is 11.8 Å². The number of guanidine groups is 1. The minimum atomic E-state index is 0.0153. The van der Waals surface area contributed by atoms with Crippen LogP contribution >= 0.6 is 0 Å². The number of amides is 2. The lowest BCUT2D eigenvalue weighted by molar-refractivity contribution is -0.122. The highest BCUT2D eigenvalue weighted by molar-refractivity contribution is 5.94. The van der Waals surface area contributed by atoms with Crippen molar-refractivity contribution >= 4 is 17.8 Å². The molecule has 0 unspecified atom stereocenters. The number of aliphatic imine (C=N–C) groups is 1. The van der Waals surface area contributed by atoms with Crippen molar-refractivity contribution < 1.29 is 9.59 Å². The first-order chi connectivity index (χ1) is 14.9. The molecular weight excluding hydrogens is 392 g/mol. The van der Waals surface area contributed by atoms with Gasteiger partial charge >= 0.3 is 0 Å². The van der Waals surface area contributed by atoms with Gasteiger partial charge in [0.15, 0.2) is 5.96 Å². The van der Waals surface area contributed by atoms with E-state index in [0.29, 0.717) is 18.2 Å². The smallest absolute Gasteiger partial charge is 0.253 e. The van der Waals surface area contributed by atoms with Crippen molar-refractivity contribution in [3.8, 4) is 0 Å². The van der Waals surface area contributed by atoms with Crippen LogP contribution in [0.5, 0.6) is 0 Å². The third kappa shape index (κ3) is 8.57. The topological polar surface area (TPSA) is 89.1 Å². The van der Waals surface area contributed by atoms with E-state index in [1.165, 1.54) is 0 Å². The van der Waals surface area contributed by atoms with Gasteiger partial charge in [-0.05, 0) is 43.4 Å². The molecule has 0 spiro atoms. The van der Waals surface area contributed by atoms with E-state index in [2.05, 4.69) is 32.8 Å². The van der Waals surface area contributed by atoms with Crippen LogP contribution in [-0.2, 0) is 11.2 Å². The van der Waals surface area contributed by atoms with Crippen molar-refractivity contribution in [2.75, 3.05) is 53.9 Å². The second-order valence-corrected chi connectivity index (χ2v) is 8.19. The molecule has 8 heteroatoms. The Bertz CT molecular complexity index is 741. The summed E-state index contributed by atoms with van der Waals surface area (Å²) in [5, 5.41) is 9.80. The minimum Gasteiger partial charge on any atom is -0.356 e. The normalized spacial score (nSPS) is 15.4. The molecule has 1 heterocycles. The summed E-state index contributed by atoms with van der Waals surface area (Å²) in [5.41, 5.74) is 1.82. The van der Waals surface area contributed by atoms with E-state index in [1.807, 2.05) is 24.3 Å². The molecule has 31 heavy (non-hydrogen) atoms. The van der Waals surface area contributed by atoms with Crippen molar-refractivity contribution in [2.45, 2.75) is 38.6 Å². The summed E-state index contributed by atoms with van der Waals surface area (Å²) in [4.78, 5) is 32.2. The molecule has 2 rings (SSSR count). The summed E-state index contributed by atoms with van der Waals surface area (Å²) in [7, 11) is 5.30. The number of nitrogens with one attached hydrogen (secondary N) is 3. The van der Waals surface area contributed by atoms with Crippen LogP contribution in [0.1, 0.15) is 42.1 Å². The van der Waals surface area contributed by atoms with E-state index in [0.717, 1.165) is 63.4 Å². The van der Waals surface area contributed by atoms with E-state index >= 15 is 0 Å². The molecule has 1 aromatic carbocycles. The Morgan fingerprint density at radius 2 is 1.90 bits per heavy atom. The van der Waals surface area contributed by atoms with Crippen molar-refractivity contribution in [3.63, 3.8) is 0 Å². The van der Waals surface area contributed by atoms with Crippen molar-refractivity contribution in [3.05, 3.63) is 35.4 Å². The Morgan fingerprint density at radius 1 is 1.16 bits per heavy atom. The van der Waals surface area contributed by atoms with Crippen LogP contribution in [0.4, 0.5) is 0 Å². The van der Waals surface area contributed by atoms with E-state index in [9.17, 15) is 9.59 Å². The highest BCUT2D eigenvalue weighted by Crippen LogP contribution is 2.10. The first kappa shape index (κ1) is 24.7. The average Bonchev–Trinajstić information content (AvgIpc) is 2.77. The molecule has 2 amide bonds. The number of hydrogen-bond acceptors (Lipinski definition) is 4. The number of carbonyl (C=O) groups is 2. The second-order valence-electron chi connectivity index (χ2n) is 8.19. The number of hydrogen-bond donors (Lipinski definition) is 3. The maximum absolute atomic E-state index is 12.1. The zero-order chi connectivity index (χ0) is 22.6. The standard InChI is InChI=1S/C23H38N6O2/c1-5-12-25-21(30)17-29-14-10-20(11-15-29)27-23(24-2)26-13-9-18-7-6-8-19(16-18)22(31)28(3)4/h6-8,16,20H,5,9-15,17H2,1-4H3,(H,25,30)(H2,24,26,27). The van der Waals surface area contributed by atoms with E-state index in [4.69, 9.17) is 0 Å². The third-order valence-corrected chi connectivity index (χ3v) is 5.38. The van der Waals surface area contributed by atoms with Gasteiger partial charge in [-0.25, -0.2) is 0 Å². The van der Waals surface area contributed by atoms with Crippen molar-refractivity contribution in [2.24, 2.45) is 4.99 Å². The van der Waals surface area contributed by atoms with Gasteiger partial charge in [-0.2, -0.15) is 0 Å². The molecule has 0 atom stereocenters. The number of likely N-dealkylation sites (tertiary alicyclic amines) is 1. The number of piperidine rings is 1. The van der Waals surface area contributed by atoms with Crippen LogP contribution in [0.3, 0.4) is 0 Å². The molecular formula is C23H38N6O2. The predicted octanol–water partition coefficient (Wildman–Crippen LogP) is 1.09. The SMILES string of the molecule is CCCNC(=O)CN1CCC(NC(=NC)NCCc2cccc(C(=O)N(C)C)c2)CC1. The Morgan fingerprint density at radius 3 is 2.55 bits per heavy atom. The minimum absolute atomic E-state index is 0.0153. The summed E-state index contributed by atoms with van der Waals surface area (Å²) < 4.78 is 0. The van der Waals surface area contributed by atoms with Gasteiger partial charge in [-0.1, -0.05) is 19.1 Å². The van der Waals surface area contributed by atoms with E-state index < -0.39 is 0 Å². The molecule has 172 valence electrons. The number of nitrogens with zero attached hydrogens (tertiary/aromatic N) is 3. The molecule has 1 saturated heterocycles. The Labute approximate surface area is 186 Å². The lowest BCUT2D eigenvalue weighted by Gasteiger charge is -2.32. The fourth-order valence-corrected chi connectivity index (χ4v) is 3.59. The monoisotopic (exact) mass is 430 g/mol. The van der Waals surface area contributed by atoms with Gasteiger partial charge in [0.25, 0.3) is 5.91 Å². The molecule has 1 aromatic rings. The van der Waals surface area contributed by atoms with Gasteiger partial charge in [0.2, 0.25) is 5.91 Å². The molecule has 8 nitrogen and oxygen atoms in total. The predicted molar refractivity (Wildman–Crippen MR) is 125 cm³/mol. The highest BCUT2D eigenvalue weighted by Gasteiger charge is 2.21. The Kier molecular flexibility index (Phi) is 10.3. The summed E-state index contributed by atoms with van der Waals surface area (Å²) in [6.07, 6.45) is 3.73. The van der Waals surface area contributed by atoms with Crippen molar-refractivity contribution in [1.82, 2.24) is 25.8 Å². The number of rotatable bonds is 9. The van der Waals surface area contributed by atoms with Gasteiger partial charge in [0, 0.05) is 58.9 Å². The van der Waals surface area contributed by atoms with E-state index in [1.54, 1.807) is 26.0 Å². The van der Waals surface area contributed by atoms with Crippen LogP contribution in [-0.4, -0.2) is 87.5 Å². The number of carbonyl (C=O) groups excluding carboxylic acids is 2. The van der Waals surface area contributed by atoms with Gasteiger partial charge < -0.3 is 20.9 Å². The fraction of sp³-hybridized carbons (Fsp3) is 0.609. The summed E-state index contributed by atoms with van der Waals surface area (Å²) in [6.45, 7) is 5.82. The molecule has 0 aromatic heterocycles. The fourth-order valence-electron chi connectivity index (χ4n) is 3.59. The zero-order valence-corrected chi connectivity index (χ0v) is 19.4. The lowest BCUT2D eigenvalue weighted by atomic mass is 10.1. The van der Waals surface area contributed by atoms with Crippen molar-refractivity contribution in [1.29, 1.82) is 0 Å². The lowest BCUT2D eigenvalue weighted by Crippen LogP contribution is -2.50. The van der Waals surface area contributed by atoms with Gasteiger partial charge in [0.1, 0.15) is 0 Å². The molecule has 1 aliphatic rings. The maximum Gasteiger partial charge on any atom is 0.253 e. The molecule has 0 bridgehead atoms. The molecule has 1 fully saturated rings. The third-order valence-electron chi connectivity index (χ3n) is 5.38. The molecule has 1 aliphatic heterocycles. The van der Waals surface area contributed by atoms with Crippen LogP contribution in [0.2, 0.25) is 0 Å². The average molecular weight is 431 g/mol. The summed E-state index contributed by atoms with van der Waals surface area (Å²) >= 11 is 0. The number of benzene rings is 1.